The van der Waals surface area contributed by atoms with E-state index < -0.39 is 0 Å². The molecule has 0 spiro atoms. The molecule has 1 fully saturated rings. The monoisotopic (exact) mass is 410 g/mol. The highest BCUT2D eigenvalue weighted by Crippen LogP contribution is 2.24. The zero-order valence-corrected chi connectivity index (χ0v) is 16.9. The summed E-state index contributed by atoms with van der Waals surface area (Å²) in [6, 6.07) is 11.2. The van der Waals surface area contributed by atoms with Crippen LogP contribution in [-0.2, 0) is 0 Å². The molecule has 3 aromatic rings. The van der Waals surface area contributed by atoms with Crippen molar-refractivity contribution in [2.75, 3.05) is 23.3 Å². The van der Waals surface area contributed by atoms with Gasteiger partial charge < -0.3 is 15.5 Å². The molecule has 3 heterocycles. The molecule has 1 unspecified atom stereocenters. The third-order valence-corrected chi connectivity index (χ3v) is 5.32. The fourth-order valence-corrected chi connectivity index (χ4v) is 3.70. The fraction of sp³-hybridized carbons (Fsp3) is 0.286. The zero-order valence-electron chi connectivity index (χ0n) is 16.2. The van der Waals surface area contributed by atoms with Crippen LogP contribution in [0.15, 0.2) is 48.8 Å². The number of nitrogens with one attached hydrogen (secondary N) is 3. The Bertz CT molecular complexity index is 990. The minimum absolute atomic E-state index is 0.0457. The van der Waals surface area contributed by atoms with E-state index in [1.54, 1.807) is 18.5 Å². The molecule has 0 aliphatic carbocycles. The number of aromatic nitrogens is 3. The molecule has 1 saturated heterocycles. The van der Waals surface area contributed by atoms with Crippen molar-refractivity contribution in [1.82, 2.24) is 20.5 Å². The molecule has 29 heavy (non-hydrogen) atoms. The molecule has 2 aromatic heterocycles. The number of carbonyl (C=O) groups is 1. The number of aryl methyl sites for hydroxylation is 1. The highest BCUT2D eigenvalue weighted by atomic mass is 35.5. The zero-order chi connectivity index (χ0) is 20.2. The predicted molar refractivity (Wildman–Crippen MR) is 115 cm³/mol. The van der Waals surface area contributed by atoms with Gasteiger partial charge in [-0.05, 0) is 49.6 Å². The minimum Gasteiger partial charge on any atom is -0.353 e. The van der Waals surface area contributed by atoms with Gasteiger partial charge in [0.25, 0.3) is 0 Å². The molecule has 1 aliphatic rings. The van der Waals surface area contributed by atoms with Crippen LogP contribution >= 0.6 is 11.6 Å². The smallest absolute Gasteiger partial charge is 0.319 e. The number of halogens is 1. The van der Waals surface area contributed by atoms with Gasteiger partial charge in [0, 0.05) is 53.9 Å². The number of anilines is 2. The second-order valence-electron chi connectivity index (χ2n) is 7.22. The first-order valence-electron chi connectivity index (χ1n) is 9.63. The van der Waals surface area contributed by atoms with E-state index in [0.717, 1.165) is 47.7 Å². The first-order valence-corrected chi connectivity index (χ1v) is 10.0. The van der Waals surface area contributed by atoms with E-state index in [1.165, 1.54) is 0 Å². The number of H-pyrrole nitrogens is 1. The van der Waals surface area contributed by atoms with Crippen LogP contribution in [-0.4, -0.2) is 40.3 Å². The van der Waals surface area contributed by atoms with Crippen molar-refractivity contribution in [2.24, 2.45) is 0 Å². The Hall–Kier alpha value is -3.06. The van der Waals surface area contributed by atoms with Crippen LogP contribution in [0.4, 0.5) is 16.3 Å². The second kappa shape index (κ2) is 8.53. The lowest BCUT2D eigenvalue weighted by Gasteiger charge is -2.33. The van der Waals surface area contributed by atoms with Gasteiger partial charge in [-0.2, -0.15) is 5.10 Å². The van der Waals surface area contributed by atoms with E-state index in [9.17, 15) is 4.79 Å². The molecule has 3 N–H and O–H groups in total. The number of hydrogen-bond donors (Lipinski definition) is 3. The Morgan fingerprint density at radius 3 is 2.90 bits per heavy atom. The normalized spacial score (nSPS) is 16.5. The first-order chi connectivity index (χ1) is 14.1. The van der Waals surface area contributed by atoms with Crippen LogP contribution in [0.2, 0.25) is 5.02 Å². The van der Waals surface area contributed by atoms with E-state index in [2.05, 4.69) is 30.7 Å². The van der Waals surface area contributed by atoms with E-state index in [-0.39, 0.29) is 12.1 Å². The number of nitrogens with zero attached hydrogens (tertiary/aromatic N) is 3. The summed E-state index contributed by atoms with van der Waals surface area (Å²) in [5.41, 5.74) is 3.68. The lowest BCUT2D eigenvalue weighted by Crippen LogP contribution is -2.49. The third kappa shape index (κ3) is 4.68. The average molecular weight is 411 g/mol. The molecule has 0 radical (unpaired) electrons. The predicted octanol–water partition coefficient (Wildman–Crippen LogP) is 4.22. The molecule has 150 valence electrons. The van der Waals surface area contributed by atoms with Gasteiger partial charge in [-0.15, -0.1) is 0 Å². The fourth-order valence-electron chi connectivity index (χ4n) is 3.53. The van der Waals surface area contributed by atoms with Gasteiger partial charge in [-0.3, -0.25) is 10.1 Å². The van der Waals surface area contributed by atoms with Gasteiger partial charge in [0.05, 0.1) is 5.69 Å². The number of piperidine rings is 1. The maximum absolute atomic E-state index is 12.5. The number of carbonyl (C=O) groups excluding carboxylic acids is 1. The summed E-state index contributed by atoms with van der Waals surface area (Å²) in [4.78, 5) is 18.7. The van der Waals surface area contributed by atoms with Crippen LogP contribution in [0.5, 0.6) is 0 Å². The van der Waals surface area contributed by atoms with Crippen LogP contribution in [0.1, 0.15) is 18.4 Å². The number of pyridine rings is 1. The molecular weight excluding hydrogens is 388 g/mol. The van der Waals surface area contributed by atoms with Crippen molar-refractivity contribution >= 4 is 29.1 Å². The second-order valence-corrected chi connectivity index (χ2v) is 7.66. The summed E-state index contributed by atoms with van der Waals surface area (Å²) >= 11 is 6.03. The molecule has 8 heteroatoms. The highest BCUT2D eigenvalue weighted by molar-refractivity contribution is 6.31. The SMILES string of the molecule is Cc1ccc(Cl)cc1NC(=O)NC1CCCN(c2cc(-c3ccncc3)[nH]n2)C1. The van der Waals surface area contributed by atoms with Gasteiger partial charge in [-0.1, -0.05) is 17.7 Å². The van der Waals surface area contributed by atoms with E-state index in [4.69, 9.17) is 11.6 Å². The molecule has 2 amide bonds. The molecule has 1 aliphatic heterocycles. The molecule has 4 rings (SSSR count). The molecule has 0 bridgehead atoms. The van der Waals surface area contributed by atoms with Crippen molar-refractivity contribution in [2.45, 2.75) is 25.8 Å². The molecule has 0 saturated carbocycles. The summed E-state index contributed by atoms with van der Waals surface area (Å²) in [5, 5.41) is 14.1. The maximum atomic E-state index is 12.5. The van der Waals surface area contributed by atoms with Crippen LogP contribution in [0.3, 0.4) is 0 Å². The molecule has 7 nitrogen and oxygen atoms in total. The number of urea groups is 1. The van der Waals surface area contributed by atoms with E-state index >= 15 is 0 Å². The molecule has 1 atom stereocenters. The summed E-state index contributed by atoms with van der Waals surface area (Å²) in [6.07, 6.45) is 5.44. The Kier molecular flexibility index (Phi) is 5.67. The maximum Gasteiger partial charge on any atom is 0.319 e. The van der Waals surface area contributed by atoms with Crippen LogP contribution in [0.25, 0.3) is 11.3 Å². The van der Waals surface area contributed by atoms with Crippen molar-refractivity contribution in [1.29, 1.82) is 0 Å². The Morgan fingerprint density at radius 2 is 2.07 bits per heavy atom. The minimum atomic E-state index is -0.221. The van der Waals surface area contributed by atoms with Crippen LogP contribution in [0, 0.1) is 6.92 Å². The Labute approximate surface area is 174 Å². The van der Waals surface area contributed by atoms with Gasteiger partial charge in [0.2, 0.25) is 0 Å². The van der Waals surface area contributed by atoms with Gasteiger partial charge in [0.15, 0.2) is 5.82 Å². The summed E-state index contributed by atoms with van der Waals surface area (Å²) in [7, 11) is 0. The van der Waals surface area contributed by atoms with Gasteiger partial charge >= 0.3 is 6.03 Å². The molecular formula is C21H23ClN6O. The number of benzene rings is 1. The number of aromatic amines is 1. The Balaban J connectivity index is 1.38. The topological polar surface area (TPSA) is 85.9 Å². The number of rotatable bonds is 4. The van der Waals surface area contributed by atoms with Gasteiger partial charge in [0.1, 0.15) is 0 Å². The summed E-state index contributed by atoms with van der Waals surface area (Å²) < 4.78 is 0. The molecule has 1 aromatic carbocycles. The third-order valence-electron chi connectivity index (χ3n) is 5.08. The van der Waals surface area contributed by atoms with Crippen molar-refractivity contribution in [3.63, 3.8) is 0 Å². The average Bonchev–Trinajstić information content (AvgIpc) is 3.22. The lowest BCUT2D eigenvalue weighted by molar-refractivity contribution is 0.246. The number of amides is 2. The summed E-state index contributed by atoms with van der Waals surface area (Å²) in [5.74, 6) is 0.884. The van der Waals surface area contributed by atoms with E-state index in [0.29, 0.717) is 11.6 Å². The van der Waals surface area contributed by atoms with Crippen molar-refractivity contribution in [3.05, 3.63) is 59.4 Å². The largest absolute Gasteiger partial charge is 0.353 e. The highest BCUT2D eigenvalue weighted by Gasteiger charge is 2.23. The van der Waals surface area contributed by atoms with Crippen molar-refractivity contribution < 1.29 is 4.79 Å². The van der Waals surface area contributed by atoms with Gasteiger partial charge in [-0.25, -0.2) is 4.79 Å². The quantitative estimate of drug-likeness (QED) is 0.601. The van der Waals surface area contributed by atoms with Crippen molar-refractivity contribution in [3.8, 4) is 11.3 Å². The number of hydrogen-bond acceptors (Lipinski definition) is 4. The Morgan fingerprint density at radius 1 is 1.24 bits per heavy atom. The van der Waals surface area contributed by atoms with Crippen LogP contribution < -0.4 is 15.5 Å². The lowest BCUT2D eigenvalue weighted by atomic mass is 10.1. The van der Waals surface area contributed by atoms with E-state index in [1.807, 2.05) is 37.3 Å². The standard InChI is InChI=1S/C21H23ClN6O/c1-14-4-5-16(22)11-18(14)25-21(29)24-17-3-2-10-28(13-17)20-12-19(26-27-20)15-6-8-23-9-7-15/h4-9,11-12,17H,2-3,10,13H2,1H3,(H,26,27)(H2,24,25,29). The summed E-state index contributed by atoms with van der Waals surface area (Å²) in [6.45, 7) is 3.56. The first kappa shape index (κ1) is 19.3.